The Labute approximate surface area is 120 Å². The number of alkyl halides is 3. The molecule has 0 spiro atoms. The number of benzene rings is 1. The number of rotatable bonds is 2. The van der Waals surface area contributed by atoms with Gasteiger partial charge >= 0.3 is 6.18 Å². The van der Waals surface area contributed by atoms with Crippen molar-refractivity contribution >= 4 is 5.82 Å². The number of methoxy groups -OCH3 is 1. The van der Waals surface area contributed by atoms with Crippen LogP contribution in [0.1, 0.15) is 16.7 Å². The van der Waals surface area contributed by atoms with Crippen LogP contribution in [-0.4, -0.2) is 12.1 Å². The van der Waals surface area contributed by atoms with Crippen LogP contribution in [0.25, 0.3) is 11.3 Å². The van der Waals surface area contributed by atoms with Gasteiger partial charge in [0.2, 0.25) is 0 Å². The van der Waals surface area contributed by atoms with E-state index >= 15 is 0 Å². The highest BCUT2D eigenvalue weighted by molar-refractivity contribution is 5.68. The number of nitrogen functional groups attached to an aromatic ring is 1. The van der Waals surface area contributed by atoms with Gasteiger partial charge in [-0.25, -0.2) is 4.98 Å². The minimum Gasteiger partial charge on any atom is -0.496 e. The second kappa shape index (κ2) is 5.27. The fraction of sp³-hybridized carbons (Fsp3) is 0.267. The number of anilines is 1. The monoisotopic (exact) mass is 296 g/mol. The minimum absolute atomic E-state index is 0.160. The van der Waals surface area contributed by atoms with Crippen molar-refractivity contribution in [2.75, 3.05) is 12.8 Å². The van der Waals surface area contributed by atoms with Gasteiger partial charge in [-0.05, 0) is 49.2 Å². The van der Waals surface area contributed by atoms with Gasteiger partial charge in [0.05, 0.1) is 18.4 Å². The Morgan fingerprint density at radius 1 is 1.05 bits per heavy atom. The maximum atomic E-state index is 12.9. The van der Waals surface area contributed by atoms with E-state index in [0.29, 0.717) is 11.3 Å². The summed E-state index contributed by atoms with van der Waals surface area (Å²) in [7, 11) is 1.54. The van der Waals surface area contributed by atoms with E-state index in [-0.39, 0.29) is 11.5 Å². The first-order chi connectivity index (χ1) is 9.72. The van der Waals surface area contributed by atoms with Gasteiger partial charge in [0.1, 0.15) is 11.6 Å². The molecule has 2 rings (SSSR count). The lowest BCUT2D eigenvalue weighted by Crippen LogP contribution is -2.07. The van der Waals surface area contributed by atoms with E-state index in [0.717, 1.165) is 23.3 Å². The topological polar surface area (TPSA) is 48.1 Å². The number of nitrogens with zero attached hydrogens (tertiary/aromatic N) is 1. The van der Waals surface area contributed by atoms with Crippen molar-refractivity contribution in [3.05, 3.63) is 41.0 Å². The van der Waals surface area contributed by atoms with Crippen LogP contribution in [0.4, 0.5) is 19.0 Å². The molecule has 0 bridgehead atoms. The number of ether oxygens (including phenoxy) is 1. The van der Waals surface area contributed by atoms with E-state index in [1.54, 1.807) is 26.2 Å². The van der Waals surface area contributed by atoms with Gasteiger partial charge in [0.25, 0.3) is 0 Å². The minimum atomic E-state index is -4.46. The summed E-state index contributed by atoms with van der Waals surface area (Å²) < 4.78 is 43.8. The molecule has 1 aromatic heterocycles. The van der Waals surface area contributed by atoms with Crippen LogP contribution in [0.15, 0.2) is 24.3 Å². The Hall–Kier alpha value is -2.24. The number of hydrogen-bond acceptors (Lipinski definition) is 3. The summed E-state index contributed by atoms with van der Waals surface area (Å²) in [4.78, 5) is 4.01. The van der Waals surface area contributed by atoms with E-state index in [9.17, 15) is 13.2 Å². The molecule has 0 saturated carbocycles. The molecule has 0 aliphatic rings. The number of aryl methyl sites for hydroxylation is 2. The third kappa shape index (κ3) is 3.09. The number of aromatic nitrogens is 1. The van der Waals surface area contributed by atoms with Gasteiger partial charge in [0, 0.05) is 5.56 Å². The summed E-state index contributed by atoms with van der Waals surface area (Å²) in [6.45, 7) is 3.61. The average molecular weight is 296 g/mol. The number of halogens is 3. The first-order valence-corrected chi connectivity index (χ1v) is 6.22. The van der Waals surface area contributed by atoms with E-state index in [1.807, 2.05) is 6.92 Å². The van der Waals surface area contributed by atoms with Gasteiger partial charge in [-0.2, -0.15) is 13.2 Å². The lowest BCUT2D eigenvalue weighted by atomic mass is 10.00. The predicted molar refractivity (Wildman–Crippen MR) is 75.1 cm³/mol. The quantitative estimate of drug-likeness (QED) is 0.912. The van der Waals surface area contributed by atoms with Crippen LogP contribution in [-0.2, 0) is 6.18 Å². The lowest BCUT2D eigenvalue weighted by Gasteiger charge is -2.13. The zero-order valence-electron chi connectivity index (χ0n) is 11.9. The third-order valence-corrected chi connectivity index (χ3v) is 3.19. The summed E-state index contributed by atoms with van der Waals surface area (Å²) in [5.41, 5.74) is 7.08. The van der Waals surface area contributed by atoms with Crippen molar-refractivity contribution in [2.45, 2.75) is 20.0 Å². The van der Waals surface area contributed by atoms with E-state index in [1.165, 1.54) is 0 Å². The molecule has 3 nitrogen and oxygen atoms in total. The Balaban J connectivity index is 2.62. The highest BCUT2D eigenvalue weighted by Crippen LogP contribution is 2.35. The first kappa shape index (κ1) is 15.2. The summed E-state index contributed by atoms with van der Waals surface area (Å²) >= 11 is 0. The normalized spacial score (nSPS) is 11.5. The molecule has 0 radical (unpaired) electrons. The van der Waals surface area contributed by atoms with Gasteiger partial charge in [-0.3, -0.25) is 0 Å². The summed E-state index contributed by atoms with van der Waals surface area (Å²) in [6, 6.07) is 5.35. The van der Waals surface area contributed by atoms with Gasteiger partial charge in [-0.15, -0.1) is 0 Å². The molecule has 112 valence electrons. The molecule has 2 N–H and O–H groups in total. The highest BCUT2D eigenvalue weighted by atomic mass is 19.4. The molecule has 0 aliphatic heterocycles. The molecule has 0 fully saturated rings. The van der Waals surface area contributed by atoms with E-state index in [2.05, 4.69) is 4.98 Å². The second-order valence-corrected chi connectivity index (χ2v) is 4.80. The summed E-state index contributed by atoms with van der Waals surface area (Å²) in [6.07, 6.45) is -4.46. The molecule has 1 aromatic carbocycles. The standard InChI is InChI=1S/C15H15F3N2O/c1-8-5-13(21-3)9(2)4-11(8)12-6-10(15(16,17)18)7-14(19)20-12/h4-7H,1-3H3,(H2,19,20). The fourth-order valence-corrected chi connectivity index (χ4v) is 2.14. The Bertz CT molecular complexity index is 681. The molecule has 0 amide bonds. The number of pyridine rings is 1. The number of hydrogen-bond donors (Lipinski definition) is 1. The highest BCUT2D eigenvalue weighted by Gasteiger charge is 2.31. The van der Waals surface area contributed by atoms with Crippen LogP contribution < -0.4 is 10.5 Å². The molecule has 2 aromatic rings. The maximum Gasteiger partial charge on any atom is 0.416 e. The Kier molecular flexibility index (Phi) is 3.80. The maximum absolute atomic E-state index is 12.9. The zero-order chi connectivity index (χ0) is 15.8. The summed E-state index contributed by atoms with van der Waals surface area (Å²) in [5, 5.41) is 0. The molecule has 1 heterocycles. The molecule has 0 aliphatic carbocycles. The molecular formula is C15H15F3N2O. The fourth-order valence-electron chi connectivity index (χ4n) is 2.14. The van der Waals surface area contributed by atoms with Crippen molar-refractivity contribution < 1.29 is 17.9 Å². The lowest BCUT2D eigenvalue weighted by molar-refractivity contribution is -0.137. The third-order valence-electron chi connectivity index (χ3n) is 3.19. The van der Waals surface area contributed by atoms with Crippen LogP contribution in [0.3, 0.4) is 0 Å². The SMILES string of the molecule is COc1cc(C)c(-c2cc(C(F)(F)F)cc(N)n2)cc1C. The van der Waals surface area contributed by atoms with Crippen molar-refractivity contribution in [3.8, 4) is 17.0 Å². The summed E-state index contributed by atoms with van der Waals surface area (Å²) in [5.74, 6) is 0.517. The molecule has 21 heavy (non-hydrogen) atoms. The van der Waals surface area contributed by atoms with Crippen LogP contribution in [0, 0.1) is 13.8 Å². The van der Waals surface area contributed by atoms with Gasteiger partial charge in [-0.1, -0.05) is 0 Å². The molecule has 0 saturated heterocycles. The van der Waals surface area contributed by atoms with Crippen LogP contribution in [0.2, 0.25) is 0 Å². The predicted octanol–water partition coefficient (Wildman–Crippen LogP) is 3.98. The Morgan fingerprint density at radius 3 is 2.29 bits per heavy atom. The smallest absolute Gasteiger partial charge is 0.416 e. The van der Waals surface area contributed by atoms with Crippen molar-refractivity contribution in [2.24, 2.45) is 0 Å². The molecular weight excluding hydrogens is 281 g/mol. The van der Waals surface area contributed by atoms with Crippen molar-refractivity contribution in [1.82, 2.24) is 4.98 Å². The zero-order valence-corrected chi connectivity index (χ0v) is 11.9. The average Bonchev–Trinajstić information content (AvgIpc) is 2.39. The largest absolute Gasteiger partial charge is 0.496 e. The first-order valence-electron chi connectivity index (χ1n) is 6.22. The van der Waals surface area contributed by atoms with Crippen LogP contribution >= 0.6 is 0 Å². The Morgan fingerprint density at radius 2 is 1.71 bits per heavy atom. The van der Waals surface area contributed by atoms with E-state index < -0.39 is 11.7 Å². The van der Waals surface area contributed by atoms with Crippen LogP contribution in [0.5, 0.6) is 5.75 Å². The second-order valence-electron chi connectivity index (χ2n) is 4.80. The molecule has 6 heteroatoms. The van der Waals surface area contributed by atoms with Crippen molar-refractivity contribution in [3.63, 3.8) is 0 Å². The van der Waals surface area contributed by atoms with Gasteiger partial charge in [0.15, 0.2) is 0 Å². The van der Waals surface area contributed by atoms with Gasteiger partial charge < -0.3 is 10.5 Å². The molecule has 0 atom stereocenters. The number of nitrogens with two attached hydrogens (primary N) is 1. The van der Waals surface area contributed by atoms with Crippen molar-refractivity contribution in [1.29, 1.82) is 0 Å². The molecule has 0 unspecified atom stereocenters. The van der Waals surface area contributed by atoms with E-state index in [4.69, 9.17) is 10.5 Å².